The molecule has 4 aliphatic heterocycles. The number of aliphatic hydroxyl groups excluding tert-OH is 1. The highest BCUT2D eigenvalue weighted by atomic mass is 16.5. The predicted octanol–water partition coefficient (Wildman–Crippen LogP) is 2.53. The SMILES string of the molecule is Cc1cccc(C)c1N1C/C=C\CCC(=O)OC[C@H](c2ccccc2)NC(=O)[C@@H]2[C@H]3C(=O)N(CCO)[C@H](C1=O)[C@]31C=C[C@H]2O1. The third kappa shape index (κ3) is 5.01. The summed E-state index contributed by atoms with van der Waals surface area (Å²) in [5.41, 5.74) is 1.84. The molecule has 10 nitrogen and oxygen atoms in total. The van der Waals surface area contributed by atoms with E-state index in [1.807, 2.05) is 74.5 Å². The van der Waals surface area contributed by atoms with Crippen LogP contribution in [0.1, 0.15) is 35.6 Å². The number of likely N-dealkylation sites (tertiary alicyclic amines) is 1. The number of esters is 1. The van der Waals surface area contributed by atoms with Gasteiger partial charge in [0.25, 0.3) is 5.91 Å². The second-order valence-electron chi connectivity index (χ2n) is 11.8. The van der Waals surface area contributed by atoms with Crippen molar-refractivity contribution in [2.24, 2.45) is 11.8 Å². The summed E-state index contributed by atoms with van der Waals surface area (Å²) in [7, 11) is 0. The van der Waals surface area contributed by atoms with Crippen LogP contribution in [0, 0.1) is 25.7 Å². The zero-order chi connectivity index (χ0) is 31.0. The molecule has 2 fully saturated rings. The van der Waals surface area contributed by atoms with Crippen LogP contribution in [0.15, 0.2) is 72.8 Å². The van der Waals surface area contributed by atoms with Crippen molar-refractivity contribution >= 4 is 29.4 Å². The van der Waals surface area contributed by atoms with Crippen LogP contribution in [-0.2, 0) is 28.7 Å². The van der Waals surface area contributed by atoms with Crippen molar-refractivity contribution < 1.29 is 33.8 Å². The number of carbonyl (C=O) groups is 4. The Bertz CT molecular complexity index is 1500. The number of amides is 3. The first-order valence-corrected chi connectivity index (χ1v) is 15.1. The highest BCUT2D eigenvalue weighted by Crippen LogP contribution is 2.55. The monoisotopic (exact) mass is 599 g/mol. The predicted molar refractivity (Wildman–Crippen MR) is 161 cm³/mol. The van der Waals surface area contributed by atoms with E-state index in [1.54, 1.807) is 17.1 Å². The first kappa shape index (κ1) is 29.8. The molecule has 6 atom stereocenters. The molecule has 230 valence electrons. The zero-order valence-electron chi connectivity index (χ0n) is 24.8. The van der Waals surface area contributed by atoms with Crippen molar-refractivity contribution in [3.8, 4) is 0 Å². The van der Waals surface area contributed by atoms with E-state index in [0.29, 0.717) is 12.1 Å². The molecule has 2 aromatic carbocycles. The maximum atomic E-state index is 14.8. The summed E-state index contributed by atoms with van der Waals surface area (Å²) in [4.78, 5) is 58.6. The van der Waals surface area contributed by atoms with E-state index in [4.69, 9.17) is 9.47 Å². The number of fused-ring (bicyclic) bond motifs is 2. The quantitative estimate of drug-likeness (QED) is 0.409. The minimum absolute atomic E-state index is 0.0752. The molecule has 2 saturated heterocycles. The van der Waals surface area contributed by atoms with Crippen molar-refractivity contribution in [2.75, 3.05) is 31.2 Å². The van der Waals surface area contributed by atoms with Gasteiger partial charge in [0.1, 0.15) is 18.2 Å². The molecule has 0 unspecified atom stereocenters. The molecule has 0 radical (unpaired) electrons. The first-order valence-electron chi connectivity index (χ1n) is 15.1. The van der Waals surface area contributed by atoms with Gasteiger partial charge < -0.3 is 29.7 Å². The number of hydrogen-bond donors (Lipinski definition) is 2. The second kappa shape index (κ2) is 12.0. The number of aryl methyl sites for hydroxylation is 2. The second-order valence-corrected chi connectivity index (χ2v) is 11.8. The minimum Gasteiger partial charge on any atom is -0.463 e. The molecule has 10 heteroatoms. The number of benzene rings is 2. The molecule has 0 saturated carbocycles. The van der Waals surface area contributed by atoms with Gasteiger partial charge in [0.15, 0.2) is 0 Å². The van der Waals surface area contributed by atoms with Crippen LogP contribution in [0.25, 0.3) is 0 Å². The average molecular weight is 600 g/mol. The molecule has 0 aliphatic carbocycles. The number of hydrogen-bond acceptors (Lipinski definition) is 7. The van der Waals surface area contributed by atoms with Gasteiger partial charge in [-0.3, -0.25) is 19.2 Å². The number of aliphatic hydroxyl groups is 1. The molecule has 3 amide bonds. The number of β-amino-alcohol motifs (C(OH)–C–C–N with tert-alkyl or cyclic N) is 1. The molecule has 4 heterocycles. The molecule has 2 aromatic rings. The Labute approximate surface area is 256 Å². The van der Waals surface area contributed by atoms with Crippen LogP contribution in [0.4, 0.5) is 5.69 Å². The van der Waals surface area contributed by atoms with E-state index in [0.717, 1.165) is 16.7 Å². The molecule has 4 aliphatic rings. The smallest absolute Gasteiger partial charge is 0.306 e. The van der Waals surface area contributed by atoms with E-state index < -0.39 is 53.4 Å². The lowest BCUT2D eigenvalue weighted by molar-refractivity contribution is -0.145. The molecular formula is C34H37N3O7. The molecular weight excluding hydrogens is 562 g/mol. The van der Waals surface area contributed by atoms with Crippen molar-refractivity contribution in [2.45, 2.75) is 50.5 Å². The number of ether oxygens (including phenoxy) is 2. The molecule has 5 bridgehead atoms. The highest BCUT2D eigenvalue weighted by Gasteiger charge is 2.73. The molecule has 0 aromatic heterocycles. The topological polar surface area (TPSA) is 125 Å². The van der Waals surface area contributed by atoms with E-state index >= 15 is 0 Å². The van der Waals surface area contributed by atoms with Crippen molar-refractivity contribution in [1.82, 2.24) is 10.2 Å². The van der Waals surface area contributed by atoms with E-state index in [9.17, 15) is 24.3 Å². The fourth-order valence-electron chi connectivity index (χ4n) is 7.19. The standard InChI is InChI=1S/C34H37N3O7/c1-21-10-9-11-22(2)29(21)36-17-8-4-7-14-26(39)43-20-24(23-12-5-3-6-13-23)35-31(40)27-25-15-16-34(44-25)28(27)32(41)37(18-19-38)30(34)33(36)42/h3-6,8-13,15-16,24-25,27-28,30,38H,7,14,17-20H2,1-2H3,(H,35,40)/b8-4-/t24-,25-,27+,28+,30-,34+/m1/s1. The van der Waals surface area contributed by atoms with Crippen LogP contribution in [0.5, 0.6) is 0 Å². The number of allylic oxidation sites excluding steroid dienone is 1. The first-order chi connectivity index (χ1) is 21.3. The maximum Gasteiger partial charge on any atom is 0.306 e. The summed E-state index contributed by atoms with van der Waals surface area (Å²) in [5.74, 6) is -3.51. The molecule has 6 rings (SSSR count). The summed E-state index contributed by atoms with van der Waals surface area (Å²) >= 11 is 0. The van der Waals surface area contributed by atoms with Gasteiger partial charge in [0.05, 0.1) is 30.6 Å². The van der Waals surface area contributed by atoms with Gasteiger partial charge in [0, 0.05) is 25.2 Å². The van der Waals surface area contributed by atoms with Crippen molar-refractivity contribution in [3.63, 3.8) is 0 Å². The number of para-hydroxylation sites is 1. The number of cyclic esters (lactones) is 1. The Kier molecular flexibility index (Phi) is 8.13. The van der Waals surface area contributed by atoms with Crippen molar-refractivity contribution in [1.29, 1.82) is 0 Å². The fourth-order valence-corrected chi connectivity index (χ4v) is 7.19. The summed E-state index contributed by atoms with van der Waals surface area (Å²) < 4.78 is 12.1. The van der Waals surface area contributed by atoms with E-state index in [-0.39, 0.29) is 38.6 Å². The van der Waals surface area contributed by atoms with Crippen LogP contribution in [0.2, 0.25) is 0 Å². The van der Waals surface area contributed by atoms with Gasteiger partial charge in [0.2, 0.25) is 11.8 Å². The van der Waals surface area contributed by atoms with Crippen LogP contribution >= 0.6 is 0 Å². The Morgan fingerprint density at radius 1 is 0.977 bits per heavy atom. The third-order valence-corrected chi connectivity index (χ3v) is 9.13. The van der Waals surface area contributed by atoms with Crippen LogP contribution in [0.3, 0.4) is 0 Å². The van der Waals surface area contributed by atoms with Gasteiger partial charge in [-0.1, -0.05) is 72.8 Å². The maximum absolute atomic E-state index is 14.8. The zero-order valence-corrected chi connectivity index (χ0v) is 24.8. The summed E-state index contributed by atoms with van der Waals surface area (Å²) in [6.07, 6.45) is 7.00. The molecule has 1 spiro atoms. The lowest BCUT2D eigenvalue weighted by atomic mass is 9.74. The van der Waals surface area contributed by atoms with Gasteiger partial charge in [-0.25, -0.2) is 0 Å². The highest BCUT2D eigenvalue weighted by molar-refractivity contribution is 6.06. The van der Waals surface area contributed by atoms with E-state index in [1.165, 1.54) is 4.90 Å². The van der Waals surface area contributed by atoms with Crippen LogP contribution in [-0.4, -0.2) is 77.7 Å². The lowest BCUT2D eigenvalue weighted by Crippen LogP contribution is -2.56. The summed E-state index contributed by atoms with van der Waals surface area (Å²) in [6, 6.07) is 13.2. The van der Waals surface area contributed by atoms with Gasteiger partial charge in [-0.15, -0.1) is 0 Å². The Morgan fingerprint density at radius 3 is 2.45 bits per heavy atom. The van der Waals surface area contributed by atoms with E-state index in [2.05, 4.69) is 5.32 Å². The number of carbonyl (C=O) groups excluding carboxylic acids is 4. The number of anilines is 1. The molecule has 44 heavy (non-hydrogen) atoms. The van der Waals surface area contributed by atoms with Gasteiger partial charge >= 0.3 is 5.97 Å². The fraction of sp³-hybridized carbons (Fsp3) is 0.412. The number of nitrogens with one attached hydrogen (secondary N) is 1. The summed E-state index contributed by atoms with van der Waals surface area (Å²) in [6.45, 7) is 3.52. The van der Waals surface area contributed by atoms with Crippen LogP contribution < -0.4 is 10.2 Å². The molecule has 2 N–H and O–H groups in total. The minimum atomic E-state index is -1.38. The Hall–Kier alpha value is -4.28. The number of rotatable bonds is 4. The summed E-state index contributed by atoms with van der Waals surface area (Å²) in [5, 5.41) is 13.0. The normalized spacial score (nSPS) is 31.2. The van der Waals surface area contributed by atoms with Crippen molar-refractivity contribution in [3.05, 3.63) is 89.5 Å². The lowest BCUT2D eigenvalue weighted by Gasteiger charge is -2.36. The number of nitrogens with zero attached hydrogens (tertiary/aromatic N) is 2. The van der Waals surface area contributed by atoms with Gasteiger partial charge in [-0.2, -0.15) is 0 Å². The average Bonchev–Trinajstić information content (AvgIpc) is 3.65. The Morgan fingerprint density at radius 2 is 1.73 bits per heavy atom. The van der Waals surface area contributed by atoms with Gasteiger partial charge in [-0.05, 0) is 37.0 Å². The third-order valence-electron chi connectivity index (χ3n) is 9.13. The largest absolute Gasteiger partial charge is 0.463 e. The Balaban J connectivity index is 1.44.